The lowest BCUT2D eigenvalue weighted by atomic mass is 10.2. The molecule has 0 radical (unpaired) electrons. The lowest BCUT2D eigenvalue weighted by molar-refractivity contribution is 0.343. The second kappa shape index (κ2) is 5.17. The van der Waals surface area contributed by atoms with Crippen LogP contribution in [0.4, 0.5) is 0 Å². The number of hydrogen-bond donors (Lipinski definition) is 1. The van der Waals surface area contributed by atoms with Crippen LogP contribution in [0.15, 0.2) is 36.4 Å². The van der Waals surface area contributed by atoms with Crippen LogP contribution in [-0.4, -0.2) is 21.5 Å². The molecule has 0 atom stereocenters. The van der Waals surface area contributed by atoms with Crippen molar-refractivity contribution in [3.63, 3.8) is 0 Å². The van der Waals surface area contributed by atoms with Crippen LogP contribution in [0.25, 0.3) is 11.8 Å². The van der Waals surface area contributed by atoms with Crippen molar-refractivity contribution in [2.24, 2.45) is 0 Å². The average Bonchev–Trinajstić information content (AvgIpc) is 2.64. The van der Waals surface area contributed by atoms with Gasteiger partial charge in [-0.15, -0.1) is 0 Å². The third-order valence-corrected chi connectivity index (χ3v) is 2.80. The highest BCUT2D eigenvalue weighted by atomic mass is 35.5. The third-order valence-electron chi connectivity index (χ3n) is 2.44. The molecule has 2 aromatic rings. The highest BCUT2D eigenvalue weighted by Crippen LogP contribution is 2.24. The fourth-order valence-corrected chi connectivity index (χ4v) is 1.95. The van der Waals surface area contributed by atoms with Gasteiger partial charge in [-0.05, 0) is 19.1 Å². The van der Waals surface area contributed by atoms with Gasteiger partial charge < -0.3 is 5.11 Å². The Bertz CT molecular complexity index is 532. The zero-order valence-corrected chi connectivity index (χ0v) is 10.2. The Morgan fingerprint density at radius 1 is 1.35 bits per heavy atom. The molecule has 0 unspecified atom stereocenters. The lowest BCUT2D eigenvalue weighted by Crippen LogP contribution is -1.95. The van der Waals surface area contributed by atoms with E-state index >= 15 is 0 Å². The molecule has 0 amide bonds. The summed E-state index contributed by atoms with van der Waals surface area (Å²) in [5.41, 5.74) is 2.59. The van der Waals surface area contributed by atoms with E-state index in [-0.39, 0.29) is 6.61 Å². The molecule has 3 nitrogen and oxygen atoms in total. The van der Waals surface area contributed by atoms with Gasteiger partial charge in [0.2, 0.25) is 0 Å². The van der Waals surface area contributed by atoms with Gasteiger partial charge >= 0.3 is 0 Å². The van der Waals surface area contributed by atoms with E-state index in [9.17, 15) is 0 Å². The molecule has 0 saturated carbocycles. The van der Waals surface area contributed by atoms with Gasteiger partial charge in [-0.25, -0.2) is 4.68 Å². The molecule has 0 fully saturated rings. The van der Waals surface area contributed by atoms with E-state index in [0.717, 1.165) is 16.9 Å². The zero-order chi connectivity index (χ0) is 12.3. The van der Waals surface area contributed by atoms with Crippen LogP contribution >= 0.6 is 11.6 Å². The Kier molecular flexibility index (Phi) is 3.61. The van der Waals surface area contributed by atoms with E-state index in [1.807, 2.05) is 37.3 Å². The molecular formula is C13H13ClN2O. The smallest absolute Gasteiger partial charge is 0.140 e. The summed E-state index contributed by atoms with van der Waals surface area (Å²) >= 11 is 6.27. The first kappa shape index (κ1) is 11.9. The van der Waals surface area contributed by atoms with Crippen LogP contribution in [0.1, 0.15) is 11.3 Å². The Balaban J connectivity index is 2.48. The van der Waals surface area contributed by atoms with Crippen LogP contribution in [0.5, 0.6) is 0 Å². The number of aliphatic hydroxyl groups is 1. The predicted octanol–water partition coefficient (Wildman–Crippen LogP) is 2.84. The number of hydrogen-bond acceptors (Lipinski definition) is 2. The van der Waals surface area contributed by atoms with E-state index in [1.54, 1.807) is 16.8 Å². The number of para-hydroxylation sites is 1. The summed E-state index contributed by atoms with van der Waals surface area (Å²) in [6, 6.07) is 9.70. The second-order valence-corrected chi connectivity index (χ2v) is 3.98. The van der Waals surface area contributed by atoms with Crippen molar-refractivity contribution < 1.29 is 5.11 Å². The fourth-order valence-electron chi connectivity index (χ4n) is 1.61. The van der Waals surface area contributed by atoms with Crippen molar-refractivity contribution >= 4 is 17.7 Å². The van der Waals surface area contributed by atoms with Crippen LogP contribution in [-0.2, 0) is 0 Å². The molecule has 1 N–H and O–H groups in total. The molecule has 0 bridgehead atoms. The number of rotatable bonds is 3. The molecule has 4 heteroatoms. The summed E-state index contributed by atoms with van der Waals surface area (Å²) in [7, 11) is 0. The number of halogens is 1. The standard InChI is InChI=1S/C13H13ClN2O/c1-10-12(8-5-9-17)13(14)16(15-10)11-6-3-2-4-7-11/h2-8,17H,9H2,1H3. The van der Waals surface area contributed by atoms with Crippen molar-refractivity contribution in [2.75, 3.05) is 6.61 Å². The molecule has 0 spiro atoms. The van der Waals surface area contributed by atoms with Crippen LogP contribution < -0.4 is 0 Å². The predicted molar refractivity (Wildman–Crippen MR) is 69.4 cm³/mol. The van der Waals surface area contributed by atoms with E-state index in [2.05, 4.69) is 5.10 Å². The molecule has 88 valence electrons. The molecule has 0 aliphatic carbocycles. The van der Waals surface area contributed by atoms with Crippen molar-refractivity contribution in [1.82, 2.24) is 9.78 Å². The summed E-state index contributed by atoms with van der Waals surface area (Å²) in [6.45, 7) is 1.88. The van der Waals surface area contributed by atoms with Gasteiger partial charge in [0, 0.05) is 5.56 Å². The van der Waals surface area contributed by atoms with E-state index in [0.29, 0.717) is 5.15 Å². The monoisotopic (exact) mass is 248 g/mol. The van der Waals surface area contributed by atoms with Gasteiger partial charge in [-0.1, -0.05) is 42.0 Å². The Hall–Kier alpha value is -1.58. The number of aryl methyl sites for hydroxylation is 1. The van der Waals surface area contributed by atoms with Crippen molar-refractivity contribution in [2.45, 2.75) is 6.92 Å². The molecule has 1 heterocycles. The van der Waals surface area contributed by atoms with Gasteiger partial charge in [0.1, 0.15) is 5.15 Å². The fraction of sp³-hybridized carbons (Fsp3) is 0.154. The maximum atomic E-state index is 8.78. The zero-order valence-electron chi connectivity index (χ0n) is 9.47. The summed E-state index contributed by atoms with van der Waals surface area (Å²) in [6.07, 6.45) is 3.43. The SMILES string of the molecule is Cc1nn(-c2ccccc2)c(Cl)c1C=CCO. The highest BCUT2D eigenvalue weighted by molar-refractivity contribution is 6.31. The molecule has 0 aliphatic heterocycles. The minimum atomic E-state index is -0.00765. The lowest BCUT2D eigenvalue weighted by Gasteiger charge is -2.01. The molecule has 2 rings (SSSR count). The van der Waals surface area contributed by atoms with Crippen molar-refractivity contribution in [1.29, 1.82) is 0 Å². The van der Waals surface area contributed by atoms with E-state index in [1.165, 1.54) is 0 Å². The van der Waals surface area contributed by atoms with Crippen LogP contribution in [0.2, 0.25) is 5.15 Å². The summed E-state index contributed by atoms with van der Waals surface area (Å²) in [4.78, 5) is 0. The average molecular weight is 249 g/mol. The van der Waals surface area contributed by atoms with Gasteiger partial charge in [-0.2, -0.15) is 5.10 Å². The maximum Gasteiger partial charge on any atom is 0.140 e. The number of nitrogens with zero attached hydrogens (tertiary/aromatic N) is 2. The number of benzene rings is 1. The topological polar surface area (TPSA) is 38.0 Å². The third kappa shape index (κ3) is 2.40. The second-order valence-electron chi connectivity index (χ2n) is 3.62. The normalized spacial score (nSPS) is 11.2. The largest absolute Gasteiger partial charge is 0.392 e. The first-order chi connectivity index (χ1) is 8.24. The minimum absolute atomic E-state index is 0.00765. The molecule has 0 aliphatic rings. The molecule has 1 aromatic carbocycles. The number of aliphatic hydroxyl groups excluding tert-OH is 1. The first-order valence-corrected chi connectivity index (χ1v) is 5.69. The van der Waals surface area contributed by atoms with E-state index < -0.39 is 0 Å². The first-order valence-electron chi connectivity index (χ1n) is 5.32. The van der Waals surface area contributed by atoms with Crippen molar-refractivity contribution in [3.8, 4) is 5.69 Å². The van der Waals surface area contributed by atoms with Gasteiger partial charge in [0.25, 0.3) is 0 Å². The Morgan fingerprint density at radius 2 is 2.06 bits per heavy atom. The minimum Gasteiger partial charge on any atom is -0.392 e. The molecule has 0 saturated heterocycles. The summed E-state index contributed by atoms with van der Waals surface area (Å²) in [5.74, 6) is 0. The van der Waals surface area contributed by atoms with E-state index in [4.69, 9.17) is 16.7 Å². The van der Waals surface area contributed by atoms with Crippen molar-refractivity contribution in [3.05, 3.63) is 52.8 Å². The van der Waals surface area contributed by atoms with Crippen LogP contribution in [0, 0.1) is 6.92 Å². The molecular weight excluding hydrogens is 236 g/mol. The maximum absolute atomic E-state index is 8.78. The van der Waals surface area contributed by atoms with Gasteiger partial charge in [0.05, 0.1) is 18.0 Å². The highest BCUT2D eigenvalue weighted by Gasteiger charge is 2.11. The van der Waals surface area contributed by atoms with Gasteiger partial charge in [0.15, 0.2) is 0 Å². The molecule has 17 heavy (non-hydrogen) atoms. The number of aromatic nitrogens is 2. The van der Waals surface area contributed by atoms with Gasteiger partial charge in [-0.3, -0.25) is 0 Å². The summed E-state index contributed by atoms with van der Waals surface area (Å²) in [5, 5.41) is 13.7. The Morgan fingerprint density at radius 3 is 2.71 bits per heavy atom. The Labute approximate surface area is 105 Å². The summed E-state index contributed by atoms with van der Waals surface area (Å²) < 4.78 is 1.69. The quantitative estimate of drug-likeness (QED) is 0.907. The van der Waals surface area contributed by atoms with Crippen LogP contribution in [0.3, 0.4) is 0 Å². The molecule has 1 aromatic heterocycles.